The molecule has 0 bridgehead atoms. The second kappa shape index (κ2) is 3.37. The fraction of sp³-hybridized carbons (Fsp3) is 0.714. The Hall–Kier alpha value is -1.06. The van der Waals surface area contributed by atoms with Crippen molar-refractivity contribution in [1.82, 2.24) is 4.90 Å². The Morgan fingerprint density at radius 2 is 2.09 bits per heavy atom. The summed E-state index contributed by atoms with van der Waals surface area (Å²) in [5, 5.41) is 0. The van der Waals surface area contributed by atoms with Crippen molar-refractivity contribution < 1.29 is 9.59 Å². The molecular formula is C7H13N2O2. The number of hydrogen-bond acceptors (Lipinski definition) is 2. The lowest BCUT2D eigenvalue weighted by Gasteiger charge is -2.23. The highest BCUT2D eigenvalue weighted by molar-refractivity contribution is 5.80. The van der Waals surface area contributed by atoms with E-state index < -0.39 is 11.3 Å². The minimum atomic E-state index is -0.674. The third-order valence-electron chi connectivity index (χ3n) is 1.46. The number of carbonyl (C=O) groups is 1. The molecule has 2 amide bonds. The first-order valence-electron chi connectivity index (χ1n) is 3.29. The van der Waals surface area contributed by atoms with E-state index in [0.29, 0.717) is 6.54 Å². The molecular weight excluding hydrogens is 144 g/mol. The van der Waals surface area contributed by atoms with Gasteiger partial charge in [0.1, 0.15) is 0 Å². The van der Waals surface area contributed by atoms with Gasteiger partial charge in [0.05, 0.1) is 5.41 Å². The van der Waals surface area contributed by atoms with Crippen LogP contribution >= 0.6 is 0 Å². The second-order valence-corrected chi connectivity index (χ2v) is 3.20. The van der Waals surface area contributed by atoms with E-state index in [1.807, 2.05) is 0 Å². The van der Waals surface area contributed by atoms with Crippen molar-refractivity contribution in [3.63, 3.8) is 0 Å². The monoisotopic (exact) mass is 157 g/mol. The molecule has 0 aliphatic heterocycles. The predicted molar refractivity (Wildman–Crippen MR) is 41.3 cm³/mol. The average molecular weight is 157 g/mol. The molecule has 63 valence electrons. The van der Waals surface area contributed by atoms with Gasteiger partial charge in [0.25, 0.3) is 0 Å². The van der Waals surface area contributed by atoms with Gasteiger partial charge in [-0.05, 0) is 13.8 Å². The van der Waals surface area contributed by atoms with E-state index in [4.69, 9.17) is 5.73 Å². The zero-order valence-electron chi connectivity index (χ0n) is 7.05. The first kappa shape index (κ1) is 9.94. The Kier molecular flexibility index (Phi) is 3.04. The van der Waals surface area contributed by atoms with E-state index in [2.05, 4.69) is 0 Å². The maximum absolute atomic E-state index is 10.7. The fourth-order valence-corrected chi connectivity index (χ4v) is 0.703. The minimum Gasteiger partial charge on any atom is -0.369 e. The summed E-state index contributed by atoms with van der Waals surface area (Å²) in [7, 11) is 1.55. The molecule has 0 heterocycles. The molecule has 0 aromatic rings. The van der Waals surface area contributed by atoms with Crippen molar-refractivity contribution in [1.29, 1.82) is 0 Å². The molecule has 0 atom stereocenters. The smallest absolute Gasteiger partial charge is 0.311 e. The van der Waals surface area contributed by atoms with Crippen molar-refractivity contribution in [2.45, 2.75) is 13.8 Å². The highest BCUT2D eigenvalue weighted by atomic mass is 16.1. The molecule has 0 aliphatic carbocycles. The molecule has 0 rings (SSSR count). The van der Waals surface area contributed by atoms with Gasteiger partial charge in [-0.15, -0.1) is 0 Å². The fourth-order valence-electron chi connectivity index (χ4n) is 0.703. The summed E-state index contributed by atoms with van der Waals surface area (Å²) in [6.07, 6.45) is 1.65. The molecule has 4 nitrogen and oxygen atoms in total. The summed E-state index contributed by atoms with van der Waals surface area (Å²) in [5.41, 5.74) is 4.40. The second-order valence-electron chi connectivity index (χ2n) is 3.20. The standard InChI is InChI=1S/C7H13N2O2/c1-7(2,6(8)11)4-9(3)5-10/h4H2,1-3H3,(H2,8,11). The normalized spacial score (nSPS) is 10.8. The average Bonchev–Trinajstić information content (AvgIpc) is 1.86. The minimum absolute atomic E-state index is 0.297. The maximum Gasteiger partial charge on any atom is 0.311 e. The van der Waals surface area contributed by atoms with Crippen molar-refractivity contribution in [3.05, 3.63) is 0 Å². The molecule has 4 heteroatoms. The van der Waals surface area contributed by atoms with Gasteiger partial charge in [-0.25, -0.2) is 0 Å². The molecule has 0 saturated carbocycles. The van der Waals surface area contributed by atoms with Crippen molar-refractivity contribution in [2.24, 2.45) is 11.1 Å². The van der Waals surface area contributed by atoms with Crippen LogP contribution in [-0.2, 0) is 9.59 Å². The number of hydrogen-bond donors (Lipinski definition) is 1. The van der Waals surface area contributed by atoms with Gasteiger partial charge < -0.3 is 10.6 Å². The largest absolute Gasteiger partial charge is 0.369 e. The molecule has 0 spiro atoms. The molecule has 0 unspecified atom stereocenters. The van der Waals surface area contributed by atoms with E-state index in [1.165, 1.54) is 4.90 Å². The Labute approximate surface area is 66.4 Å². The maximum atomic E-state index is 10.7. The van der Waals surface area contributed by atoms with Crippen molar-refractivity contribution in [3.8, 4) is 0 Å². The Morgan fingerprint density at radius 3 is 2.36 bits per heavy atom. The zero-order chi connectivity index (χ0) is 9.07. The summed E-state index contributed by atoms with van der Waals surface area (Å²) in [4.78, 5) is 22.1. The van der Waals surface area contributed by atoms with E-state index in [0.717, 1.165) is 0 Å². The summed E-state index contributed by atoms with van der Waals surface area (Å²) in [6, 6.07) is 0. The molecule has 0 aromatic heterocycles. The van der Waals surface area contributed by atoms with Crippen LogP contribution in [-0.4, -0.2) is 30.8 Å². The molecule has 0 saturated heterocycles. The number of rotatable bonds is 4. The lowest BCUT2D eigenvalue weighted by Crippen LogP contribution is -2.40. The summed E-state index contributed by atoms with van der Waals surface area (Å²) in [5.74, 6) is -0.417. The SMILES string of the molecule is CN([C]=O)CC(C)(C)C(N)=O. The van der Waals surface area contributed by atoms with Crippen LogP contribution in [0.2, 0.25) is 0 Å². The van der Waals surface area contributed by atoms with Crippen LogP contribution in [0.25, 0.3) is 0 Å². The highest BCUT2D eigenvalue weighted by Crippen LogP contribution is 2.14. The van der Waals surface area contributed by atoms with Crippen molar-refractivity contribution in [2.75, 3.05) is 13.6 Å². The van der Waals surface area contributed by atoms with Crippen LogP contribution in [0.4, 0.5) is 0 Å². The van der Waals surface area contributed by atoms with Crippen LogP contribution in [0.3, 0.4) is 0 Å². The van der Waals surface area contributed by atoms with Gasteiger partial charge >= 0.3 is 6.41 Å². The molecule has 0 fully saturated rings. The Morgan fingerprint density at radius 1 is 1.64 bits per heavy atom. The van der Waals surface area contributed by atoms with E-state index in [1.54, 1.807) is 27.3 Å². The quantitative estimate of drug-likeness (QED) is 0.559. The molecule has 0 aromatic carbocycles. The van der Waals surface area contributed by atoms with E-state index in [-0.39, 0.29) is 0 Å². The number of carbonyl (C=O) groups excluding carboxylic acids is 2. The summed E-state index contributed by atoms with van der Waals surface area (Å²) < 4.78 is 0. The topological polar surface area (TPSA) is 63.4 Å². The van der Waals surface area contributed by atoms with Gasteiger partial charge in [0.15, 0.2) is 0 Å². The first-order valence-corrected chi connectivity index (χ1v) is 3.29. The van der Waals surface area contributed by atoms with E-state index in [9.17, 15) is 9.59 Å². The zero-order valence-corrected chi connectivity index (χ0v) is 7.05. The number of amides is 2. The highest BCUT2D eigenvalue weighted by Gasteiger charge is 2.26. The van der Waals surface area contributed by atoms with Gasteiger partial charge in [0, 0.05) is 13.6 Å². The van der Waals surface area contributed by atoms with Crippen LogP contribution in [0.1, 0.15) is 13.8 Å². The lowest BCUT2D eigenvalue weighted by molar-refractivity contribution is -0.126. The van der Waals surface area contributed by atoms with Gasteiger partial charge in [-0.2, -0.15) is 0 Å². The number of nitrogens with two attached hydrogens (primary N) is 1. The molecule has 11 heavy (non-hydrogen) atoms. The van der Waals surface area contributed by atoms with Crippen molar-refractivity contribution >= 4 is 12.3 Å². The van der Waals surface area contributed by atoms with Gasteiger partial charge in [0.2, 0.25) is 5.91 Å². The van der Waals surface area contributed by atoms with Crippen LogP contribution in [0.5, 0.6) is 0 Å². The predicted octanol–water partition coefficient (Wildman–Crippen LogP) is -0.503. The summed E-state index contributed by atoms with van der Waals surface area (Å²) in [6.45, 7) is 3.66. The Bertz CT molecular complexity index is 166. The molecule has 2 N–H and O–H groups in total. The first-order chi connectivity index (χ1) is 4.90. The summed E-state index contributed by atoms with van der Waals surface area (Å²) >= 11 is 0. The number of nitrogens with zero attached hydrogens (tertiary/aromatic N) is 1. The van der Waals surface area contributed by atoms with E-state index >= 15 is 0 Å². The van der Waals surface area contributed by atoms with Gasteiger partial charge in [-0.1, -0.05) is 0 Å². The molecule has 0 aliphatic rings. The Balaban J connectivity index is 4.11. The molecule has 1 radical (unpaired) electrons. The van der Waals surface area contributed by atoms with Crippen LogP contribution < -0.4 is 5.73 Å². The van der Waals surface area contributed by atoms with Crippen LogP contribution in [0.15, 0.2) is 0 Å². The third kappa shape index (κ3) is 3.02. The third-order valence-corrected chi connectivity index (χ3v) is 1.46. The van der Waals surface area contributed by atoms with Gasteiger partial charge in [-0.3, -0.25) is 9.59 Å². The van der Waals surface area contributed by atoms with Crippen LogP contribution in [0, 0.1) is 5.41 Å². The number of primary amides is 1. The lowest BCUT2D eigenvalue weighted by atomic mass is 9.92.